The summed E-state index contributed by atoms with van der Waals surface area (Å²) >= 11 is 5.83. The number of hydrogen-bond donors (Lipinski definition) is 14. The van der Waals surface area contributed by atoms with Gasteiger partial charge in [0, 0.05) is 59.8 Å². The zero-order valence-corrected chi connectivity index (χ0v) is 52.3. The van der Waals surface area contributed by atoms with Crippen LogP contribution in [0.1, 0.15) is 65.0 Å². The topological polar surface area (TPSA) is 555 Å². The minimum absolute atomic E-state index is 0.00548. The monoisotopic (exact) mass is 1390 g/mol. The maximum Gasteiger partial charge on any atom is 0.403 e. The number of rotatable bonds is 19. The van der Waals surface area contributed by atoms with Crippen molar-refractivity contribution in [2.24, 2.45) is 0 Å². The van der Waals surface area contributed by atoms with Crippen molar-refractivity contribution in [3.8, 4) is 23.0 Å². The van der Waals surface area contributed by atoms with Gasteiger partial charge in [0.1, 0.15) is 59.6 Å². The Labute approximate surface area is 536 Å². The number of benzene rings is 3. The van der Waals surface area contributed by atoms with Gasteiger partial charge in [0.25, 0.3) is 11.1 Å². The lowest BCUT2D eigenvalue weighted by Crippen LogP contribution is -2.45. The van der Waals surface area contributed by atoms with E-state index in [1.54, 1.807) is 24.3 Å². The average Bonchev–Trinajstić information content (AvgIpc) is 1.61. The number of fused-ring (bicyclic) bond motifs is 9. The molecule has 498 valence electrons. The van der Waals surface area contributed by atoms with E-state index in [0.717, 1.165) is 0 Å². The Kier molecular flexibility index (Phi) is 16.1. The van der Waals surface area contributed by atoms with E-state index < -0.39 is 121 Å². The Morgan fingerprint density at radius 2 is 1.18 bits per heavy atom. The number of aromatic amines is 2. The second kappa shape index (κ2) is 24.1. The van der Waals surface area contributed by atoms with E-state index in [2.05, 4.69) is 70.8 Å². The summed E-state index contributed by atoms with van der Waals surface area (Å²) in [5.74, 6) is -1.06. The minimum atomic E-state index is -5.32. The predicted octanol–water partition coefficient (Wildman–Crippen LogP) is 0.891. The second-order valence-electron chi connectivity index (χ2n) is 22.3. The summed E-state index contributed by atoms with van der Waals surface area (Å²) in [6, 6.07) is 10.1. The lowest BCUT2D eigenvalue weighted by atomic mass is 9.77. The van der Waals surface area contributed by atoms with Gasteiger partial charge in [-0.25, -0.2) is 49.0 Å². The molecule has 14 rings (SSSR count). The summed E-state index contributed by atoms with van der Waals surface area (Å²) < 4.78 is 93.1. The number of H-pyrrole nitrogens is 2. The number of hydrogen-bond acceptors (Lipinski definition) is 28. The zero-order chi connectivity index (χ0) is 66.6. The molecule has 0 radical (unpaired) electrons. The van der Waals surface area contributed by atoms with E-state index in [4.69, 9.17) is 66.7 Å². The Hall–Kier alpha value is -8.92. The summed E-state index contributed by atoms with van der Waals surface area (Å²) in [6.45, 7) is -2.12. The Bertz CT molecular complexity index is 4830. The fourth-order valence-corrected chi connectivity index (χ4v) is 15.1. The summed E-state index contributed by atoms with van der Waals surface area (Å²) in [5.41, 5.74) is 16.8. The standard InChI is InChI=1S/C52H55N20O19P3S/c1-56-92(78,79)84-15-34-29(12-37(89-34)70-18-59-39-42(53)57-17-58-43(39)70)68-94(82,83)86-16-35-30(13-38(90-35)72-20-61-41-45(72)65-50(55)67-47(41)76)69-93(80,81)85-14-33-28(11-36(88-33)71-19-60-40-44(71)64-49(54)66-46(40)75)63-51(95)62-21-2-5-25-24(8-21)48(77)91-52(25)26-6-3-22(73)9-31(26)87-32-10-23(74)4-7-27(32)52/h2-10,17-20,28-30,33-38,73-74H,11-16H2,1H3,(H2,53,57,58)(H2,56,78,79)(H2,62,63,95)(H2,68,82,83)(H2,69,80,81)(H3,54,64,66,75)(H3,55,65,67,76)/p-1. The van der Waals surface area contributed by atoms with E-state index in [1.165, 1.54) is 76.4 Å². The number of anilines is 4. The Balaban J connectivity index is 0.704. The van der Waals surface area contributed by atoms with Crippen molar-refractivity contribution in [1.29, 1.82) is 0 Å². The van der Waals surface area contributed by atoms with Crippen LogP contribution in [0.2, 0.25) is 0 Å². The maximum absolute atomic E-state index is 14.4. The van der Waals surface area contributed by atoms with Crippen LogP contribution in [0.15, 0.2) is 89.5 Å². The number of nitrogens with zero attached hydrogens (tertiary/aromatic N) is 10. The molecule has 95 heavy (non-hydrogen) atoms. The van der Waals surface area contributed by atoms with Gasteiger partial charge >= 0.3 is 21.5 Å². The SMILES string of the molecule is CNP(=O)(O)OCC1OC(n2cnc3c(N)ncnc32)CC1NP(=O)(O)OCC1OC(n2cnc3c(=O)[nH]c(N)nc32)CC1NP(=O)([O-])OCC1OC(n2cnc3c(=O)[nH]c(N)nc32)CC1NC(=S)Nc1ccc2c(c1)C(=O)OC21c2ccc(O)cc2Oc2cc(O)ccc21. The molecular weight excluding hydrogens is 1330 g/mol. The molecule has 3 saturated heterocycles. The molecule has 5 aliphatic heterocycles. The number of aromatic nitrogens is 12. The van der Waals surface area contributed by atoms with Gasteiger partial charge in [-0.3, -0.25) is 52.0 Å². The minimum Gasteiger partial charge on any atom is -0.766 e. The molecule has 1 spiro atoms. The summed E-state index contributed by atoms with van der Waals surface area (Å²) in [4.78, 5) is 110. The Morgan fingerprint density at radius 1 is 0.674 bits per heavy atom. The van der Waals surface area contributed by atoms with Crippen molar-refractivity contribution in [2.45, 2.75) is 80.0 Å². The molecule has 9 aromatic rings. The first-order valence-electron chi connectivity index (χ1n) is 28.6. The van der Waals surface area contributed by atoms with Crippen LogP contribution in [0.5, 0.6) is 23.0 Å². The molecular formula is C52H54N20O19P3S-. The molecule has 0 saturated carbocycles. The molecule has 12 atom stereocenters. The first-order valence-corrected chi connectivity index (χ1v) is 33.7. The first kappa shape index (κ1) is 63.5. The van der Waals surface area contributed by atoms with Crippen molar-refractivity contribution in [3.63, 3.8) is 0 Å². The number of aromatic hydroxyl groups is 2. The third kappa shape index (κ3) is 12.0. The van der Waals surface area contributed by atoms with Gasteiger partial charge < -0.3 is 80.9 Å². The highest BCUT2D eigenvalue weighted by Crippen LogP contribution is 2.57. The highest BCUT2D eigenvalue weighted by molar-refractivity contribution is 7.80. The van der Waals surface area contributed by atoms with Gasteiger partial charge in [-0.05, 0) is 55.7 Å². The molecule has 0 bridgehead atoms. The summed E-state index contributed by atoms with van der Waals surface area (Å²) in [6.07, 6.45) is -2.37. The van der Waals surface area contributed by atoms with E-state index >= 15 is 0 Å². The van der Waals surface area contributed by atoms with Gasteiger partial charge in [0.15, 0.2) is 44.5 Å². The number of nitrogens with two attached hydrogens (primary N) is 3. The summed E-state index contributed by atoms with van der Waals surface area (Å²) in [5, 5.41) is 34.1. The number of esters is 1. The summed E-state index contributed by atoms with van der Waals surface area (Å²) in [7, 11) is -13.5. The molecule has 43 heteroatoms. The van der Waals surface area contributed by atoms with Crippen LogP contribution in [0, 0.1) is 0 Å². The van der Waals surface area contributed by atoms with Gasteiger partial charge in [0.2, 0.25) is 19.6 Å². The number of ether oxygens (including phenoxy) is 5. The number of thiocarbonyl (C=S) groups is 1. The maximum atomic E-state index is 14.4. The fraction of sp³-hybridized carbons (Fsp3) is 0.327. The molecule has 3 aromatic carbocycles. The van der Waals surface area contributed by atoms with Crippen molar-refractivity contribution in [2.75, 3.05) is 49.4 Å². The lowest BCUT2D eigenvalue weighted by molar-refractivity contribution is -0.206. The van der Waals surface area contributed by atoms with Crippen LogP contribution < -0.4 is 63.8 Å². The van der Waals surface area contributed by atoms with Crippen LogP contribution >= 0.6 is 35.5 Å². The van der Waals surface area contributed by atoms with Crippen molar-refractivity contribution in [1.82, 2.24) is 79.1 Å². The number of carbonyl (C=O) groups is 1. The predicted molar refractivity (Wildman–Crippen MR) is 330 cm³/mol. The zero-order valence-electron chi connectivity index (χ0n) is 48.8. The van der Waals surface area contributed by atoms with Crippen LogP contribution in [0.3, 0.4) is 0 Å². The smallest absolute Gasteiger partial charge is 0.403 e. The van der Waals surface area contributed by atoms with E-state index in [-0.39, 0.29) is 104 Å². The van der Waals surface area contributed by atoms with Gasteiger partial charge in [-0.2, -0.15) is 9.97 Å². The van der Waals surface area contributed by atoms with Crippen LogP contribution in [-0.2, 0) is 51.8 Å². The number of nitrogen functional groups attached to an aromatic ring is 3. The second-order valence-corrected chi connectivity index (χ2v) is 27.6. The number of carbonyl (C=O) groups excluding carboxylic acids is 1. The molecule has 12 unspecified atom stereocenters. The van der Waals surface area contributed by atoms with Crippen molar-refractivity contribution in [3.05, 3.63) is 123 Å². The van der Waals surface area contributed by atoms with Crippen LogP contribution in [-0.4, -0.2) is 153 Å². The number of phenolic OH excluding ortho intramolecular Hbond substituents is 2. The highest BCUT2D eigenvalue weighted by atomic mass is 32.1. The molecule has 3 fully saturated rings. The van der Waals surface area contributed by atoms with E-state index in [1.807, 2.05) is 0 Å². The van der Waals surface area contributed by atoms with E-state index in [9.17, 15) is 53.0 Å². The molecule has 39 nitrogen and oxygen atoms in total. The number of nitrogens with one attached hydrogen (secondary N) is 7. The van der Waals surface area contributed by atoms with Gasteiger partial charge in [-0.15, -0.1) is 0 Å². The molecule has 0 amide bonds. The fourth-order valence-electron chi connectivity index (χ4n) is 12.2. The molecule has 17 N–H and O–H groups in total. The highest BCUT2D eigenvalue weighted by Gasteiger charge is 2.54. The van der Waals surface area contributed by atoms with Gasteiger partial charge in [-0.1, -0.05) is 6.07 Å². The number of imidazole rings is 3. The van der Waals surface area contributed by atoms with Crippen molar-refractivity contribution < 1.29 is 80.6 Å². The quantitative estimate of drug-likeness (QED) is 0.0304. The third-order valence-corrected chi connectivity index (χ3v) is 20.0. The molecule has 11 heterocycles. The molecule has 0 aliphatic carbocycles. The van der Waals surface area contributed by atoms with E-state index in [0.29, 0.717) is 22.4 Å². The number of phenols is 2. The molecule has 6 aromatic heterocycles. The molecule has 5 aliphatic rings. The Morgan fingerprint density at radius 3 is 1.76 bits per heavy atom. The normalized spacial score (nSPS) is 24.6. The van der Waals surface area contributed by atoms with Crippen LogP contribution in [0.4, 0.5) is 23.4 Å². The van der Waals surface area contributed by atoms with Crippen LogP contribution in [0.25, 0.3) is 33.5 Å². The lowest BCUT2D eigenvalue weighted by Gasteiger charge is -2.36. The van der Waals surface area contributed by atoms with Crippen molar-refractivity contribution >= 4 is 103 Å². The largest absolute Gasteiger partial charge is 0.766 e. The first-order chi connectivity index (χ1) is 45.3. The third-order valence-electron chi connectivity index (χ3n) is 16.4. The van der Waals surface area contributed by atoms with Gasteiger partial charge in [0.05, 0.1) is 68.7 Å². The average molecular weight is 1390 g/mol.